The molecule has 27 heavy (non-hydrogen) atoms. The zero-order valence-electron chi connectivity index (χ0n) is 15.7. The molecule has 142 valence electrons. The Hall–Kier alpha value is -2.44. The number of carbonyl (C=O) groups excluding carboxylic acids is 1. The molecule has 1 aliphatic rings. The van der Waals surface area contributed by atoms with Crippen LogP contribution in [-0.2, 0) is 0 Å². The first-order chi connectivity index (χ1) is 12.5. The summed E-state index contributed by atoms with van der Waals surface area (Å²) in [6.07, 6.45) is 0.962. The number of fused-ring (bicyclic) bond motifs is 1. The number of pyridine rings is 1. The van der Waals surface area contributed by atoms with E-state index in [1.165, 1.54) is 5.56 Å². The fraction of sp³-hybridized carbons (Fsp3) is 0.350. The molecule has 2 aromatic heterocycles. The highest BCUT2D eigenvalue weighted by Gasteiger charge is 2.27. The highest BCUT2D eigenvalue weighted by Crippen LogP contribution is 2.28. The first kappa shape index (κ1) is 19.3. The van der Waals surface area contributed by atoms with Gasteiger partial charge < -0.3 is 14.7 Å². The van der Waals surface area contributed by atoms with Crippen molar-refractivity contribution in [2.45, 2.75) is 26.3 Å². The lowest BCUT2D eigenvalue weighted by atomic mass is 10.0. The molecule has 0 bridgehead atoms. The van der Waals surface area contributed by atoms with Crippen molar-refractivity contribution in [2.24, 2.45) is 0 Å². The van der Waals surface area contributed by atoms with Gasteiger partial charge in [0.1, 0.15) is 0 Å². The first-order valence-electron chi connectivity index (χ1n) is 8.86. The molecule has 1 aromatic carbocycles. The molecule has 1 saturated heterocycles. The van der Waals surface area contributed by atoms with E-state index in [0.717, 1.165) is 30.8 Å². The Morgan fingerprint density at radius 3 is 2.67 bits per heavy atom. The maximum Gasteiger partial charge on any atom is 0.259 e. The van der Waals surface area contributed by atoms with E-state index in [1.807, 2.05) is 56.1 Å². The fourth-order valence-corrected chi connectivity index (χ4v) is 3.46. The van der Waals surface area contributed by atoms with Gasteiger partial charge in [-0.1, -0.05) is 35.0 Å². The number of hydrogen-bond acceptors (Lipinski definition) is 5. The van der Waals surface area contributed by atoms with Crippen LogP contribution in [-0.4, -0.2) is 47.1 Å². The molecule has 1 atom stereocenters. The molecule has 3 aromatic rings. The lowest BCUT2D eigenvalue weighted by molar-refractivity contribution is 0.0745. The van der Waals surface area contributed by atoms with E-state index in [-0.39, 0.29) is 24.4 Å². The van der Waals surface area contributed by atoms with E-state index >= 15 is 0 Å². The highest BCUT2D eigenvalue weighted by atomic mass is 35.5. The van der Waals surface area contributed by atoms with Gasteiger partial charge in [0.25, 0.3) is 11.6 Å². The second-order valence-electron chi connectivity index (χ2n) is 6.93. The number of halogens is 1. The number of benzene rings is 1. The molecule has 1 fully saturated rings. The Balaban J connectivity index is 0.00000210. The zero-order valence-corrected chi connectivity index (χ0v) is 16.5. The summed E-state index contributed by atoms with van der Waals surface area (Å²) in [5.74, 6) is -0.0224. The second-order valence-corrected chi connectivity index (χ2v) is 6.93. The van der Waals surface area contributed by atoms with Gasteiger partial charge in [-0.2, -0.15) is 0 Å². The third-order valence-electron chi connectivity index (χ3n) is 5.10. The van der Waals surface area contributed by atoms with Crippen LogP contribution in [0.2, 0.25) is 0 Å². The normalized spacial score (nSPS) is 16.3. The largest absolute Gasteiger partial charge is 0.337 e. The lowest BCUT2D eigenvalue weighted by Crippen LogP contribution is -2.38. The van der Waals surface area contributed by atoms with Crippen molar-refractivity contribution in [2.75, 3.05) is 20.1 Å². The van der Waals surface area contributed by atoms with Crippen molar-refractivity contribution in [3.8, 4) is 11.3 Å². The fourth-order valence-electron chi connectivity index (χ4n) is 3.46. The number of aromatic nitrogens is 2. The Morgan fingerprint density at radius 1 is 1.26 bits per heavy atom. The van der Waals surface area contributed by atoms with Gasteiger partial charge in [0.2, 0.25) is 0 Å². The minimum Gasteiger partial charge on any atom is -0.337 e. The van der Waals surface area contributed by atoms with Gasteiger partial charge in [-0.15, -0.1) is 12.4 Å². The average molecular weight is 387 g/mol. The van der Waals surface area contributed by atoms with Crippen molar-refractivity contribution in [1.82, 2.24) is 20.4 Å². The molecule has 0 saturated carbocycles. The first-order valence-corrected chi connectivity index (χ1v) is 8.86. The van der Waals surface area contributed by atoms with Gasteiger partial charge in [-0.25, -0.2) is 4.98 Å². The summed E-state index contributed by atoms with van der Waals surface area (Å²) in [5.41, 5.74) is 4.53. The molecule has 4 rings (SSSR count). The molecule has 0 radical (unpaired) electrons. The van der Waals surface area contributed by atoms with Crippen LogP contribution in [0, 0.1) is 13.8 Å². The Morgan fingerprint density at radius 2 is 2.00 bits per heavy atom. The van der Waals surface area contributed by atoms with Crippen LogP contribution < -0.4 is 5.32 Å². The number of aryl methyl sites for hydroxylation is 2. The number of amides is 1. The van der Waals surface area contributed by atoms with Crippen molar-refractivity contribution in [1.29, 1.82) is 0 Å². The third-order valence-corrected chi connectivity index (χ3v) is 5.10. The molecule has 7 heteroatoms. The highest BCUT2D eigenvalue weighted by molar-refractivity contribution is 6.07. The molecule has 1 aliphatic heterocycles. The second kappa shape index (κ2) is 7.66. The minimum atomic E-state index is -0.0224. The molecule has 1 unspecified atom stereocenters. The van der Waals surface area contributed by atoms with Crippen LogP contribution >= 0.6 is 12.4 Å². The Kier molecular flexibility index (Phi) is 5.48. The average Bonchev–Trinajstić information content (AvgIpc) is 3.31. The van der Waals surface area contributed by atoms with Crippen LogP contribution in [0.5, 0.6) is 0 Å². The molecule has 3 heterocycles. The van der Waals surface area contributed by atoms with Crippen LogP contribution in [0.15, 0.2) is 34.9 Å². The van der Waals surface area contributed by atoms with Gasteiger partial charge in [-0.05, 0) is 32.9 Å². The standard InChI is InChI=1S/C20H22N4O2.ClH/c1-12-4-6-14(7-5-12)17-10-16(18-13(2)23-26-19(18)22-17)20(25)24(3)15-8-9-21-11-15;/h4-7,10,15,21H,8-9,11H2,1-3H3;1H. The molecule has 0 spiro atoms. The van der Waals surface area contributed by atoms with Crippen LogP contribution in [0.3, 0.4) is 0 Å². The summed E-state index contributed by atoms with van der Waals surface area (Å²) in [6.45, 7) is 5.64. The van der Waals surface area contributed by atoms with Crippen molar-refractivity contribution >= 4 is 29.4 Å². The third kappa shape index (κ3) is 3.55. The number of nitrogens with zero attached hydrogens (tertiary/aromatic N) is 3. The van der Waals surface area contributed by atoms with Crippen molar-refractivity contribution in [3.63, 3.8) is 0 Å². The zero-order chi connectivity index (χ0) is 18.3. The van der Waals surface area contributed by atoms with Crippen molar-refractivity contribution < 1.29 is 9.32 Å². The summed E-state index contributed by atoms with van der Waals surface area (Å²) >= 11 is 0. The van der Waals surface area contributed by atoms with Gasteiger partial charge >= 0.3 is 0 Å². The lowest BCUT2D eigenvalue weighted by Gasteiger charge is -2.24. The molecule has 6 nitrogen and oxygen atoms in total. The van der Waals surface area contributed by atoms with Gasteiger partial charge in [0, 0.05) is 25.2 Å². The molecule has 0 aliphatic carbocycles. The van der Waals surface area contributed by atoms with E-state index in [9.17, 15) is 4.79 Å². The number of rotatable bonds is 3. The number of hydrogen-bond donors (Lipinski definition) is 1. The predicted molar refractivity (Wildman–Crippen MR) is 107 cm³/mol. The quantitative estimate of drug-likeness (QED) is 0.747. The molecular formula is C20H23ClN4O2. The van der Waals surface area contributed by atoms with Crippen LogP contribution in [0.25, 0.3) is 22.4 Å². The van der Waals surface area contributed by atoms with Gasteiger partial charge in [0.05, 0.1) is 22.3 Å². The van der Waals surface area contributed by atoms with Crippen molar-refractivity contribution in [3.05, 3.63) is 47.2 Å². The summed E-state index contributed by atoms with van der Waals surface area (Å²) in [7, 11) is 1.86. The van der Waals surface area contributed by atoms with E-state index in [2.05, 4.69) is 15.5 Å². The van der Waals surface area contributed by atoms with Crippen LogP contribution in [0.4, 0.5) is 0 Å². The van der Waals surface area contributed by atoms with E-state index in [1.54, 1.807) is 0 Å². The SMILES string of the molecule is Cc1ccc(-c2cc(C(=O)N(C)C3CCNC3)c3c(C)noc3n2)cc1.Cl. The molecule has 1 N–H and O–H groups in total. The number of carbonyl (C=O) groups is 1. The van der Waals surface area contributed by atoms with Gasteiger partial charge in [-0.3, -0.25) is 4.79 Å². The van der Waals surface area contributed by atoms with Crippen LogP contribution in [0.1, 0.15) is 28.0 Å². The van der Waals surface area contributed by atoms with E-state index < -0.39 is 0 Å². The van der Waals surface area contributed by atoms with Gasteiger partial charge in [0.15, 0.2) is 0 Å². The van der Waals surface area contributed by atoms with E-state index in [4.69, 9.17) is 4.52 Å². The smallest absolute Gasteiger partial charge is 0.259 e. The summed E-state index contributed by atoms with van der Waals surface area (Å²) in [5, 5.41) is 8.03. The number of nitrogens with one attached hydrogen (secondary N) is 1. The summed E-state index contributed by atoms with van der Waals surface area (Å²) in [4.78, 5) is 19.6. The number of likely N-dealkylation sites (N-methyl/N-ethyl adjacent to an activating group) is 1. The molecule has 1 amide bonds. The molecular weight excluding hydrogens is 364 g/mol. The predicted octanol–water partition coefficient (Wildman–Crippen LogP) is 3.36. The van der Waals surface area contributed by atoms with E-state index in [0.29, 0.717) is 22.4 Å². The Labute approximate surface area is 164 Å². The topological polar surface area (TPSA) is 71.3 Å². The Bertz CT molecular complexity index is 962. The minimum absolute atomic E-state index is 0. The maximum absolute atomic E-state index is 13.2. The summed E-state index contributed by atoms with van der Waals surface area (Å²) < 4.78 is 5.39. The monoisotopic (exact) mass is 386 g/mol. The summed E-state index contributed by atoms with van der Waals surface area (Å²) in [6, 6.07) is 10.1. The maximum atomic E-state index is 13.2.